The van der Waals surface area contributed by atoms with Gasteiger partial charge >= 0.3 is 0 Å². The highest BCUT2D eigenvalue weighted by Gasteiger charge is 2.24. The predicted octanol–water partition coefficient (Wildman–Crippen LogP) is 2.25. The van der Waals surface area contributed by atoms with Crippen LogP contribution in [0, 0.1) is 17.6 Å². The zero-order chi connectivity index (χ0) is 13.8. The van der Waals surface area contributed by atoms with E-state index in [1.807, 2.05) is 0 Å². The third kappa shape index (κ3) is 3.29. The maximum atomic E-state index is 13.4. The topological polar surface area (TPSA) is 49.3 Å². The monoisotopic (exact) mass is 269 g/mol. The summed E-state index contributed by atoms with van der Waals surface area (Å²) in [5.41, 5.74) is -0.335. The third-order valence-corrected chi connectivity index (χ3v) is 3.61. The Bertz CT molecular complexity index is 459. The molecule has 1 fully saturated rings. The number of carbonyl (C=O) groups excluding carboxylic acids is 1. The fraction of sp³-hybridized carbons (Fsp3) is 0.500. The van der Waals surface area contributed by atoms with Crippen molar-refractivity contribution >= 4 is 5.91 Å². The van der Waals surface area contributed by atoms with E-state index in [0.717, 1.165) is 31.7 Å². The number of hydrogen-bond acceptors (Lipinski definition) is 2. The summed E-state index contributed by atoms with van der Waals surface area (Å²) in [5, 5.41) is 12.3. The Morgan fingerprint density at radius 2 is 2.05 bits per heavy atom. The van der Waals surface area contributed by atoms with Crippen molar-refractivity contribution in [3.05, 3.63) is 35.4 Å². The summed E-state index contributed by atoms with van der Waals surface area (Å²) in [6, 6.07) is 3.45. The molecule has 1 amide bonds. The molecule has 5 heteroatoms. The van der Waals surface area contributed by atoms with Crippen molar-refractivity contribution in [1.82, 2.24) is 5.32 Å². The van der Waals surface area contributed by atoms with Gasteiger partial charge in [0.1, 0.15) is 0 Å². The Morgan fingerprint density at radius 1 is 1.37 bits per heavy atom. The quantitative estimate of drug-likeness (QED) is 0.880. The minimum atomic E-state index is -1.16. The van der Waals surface area contributed by atoms with Gasteiger partial charge in [-0.2, -0.15) is 0 Å². The van der Waals surface area contributed by atoms with E-state index in [9.17, 15) is 18.7 Å². The van der Waals surface area contributed by atoms with Crippen molar-refractivity contribution in [1.29, 1.82) is 0 Å². The SMILES string of the molecule is O=C(NCC(O)C1CCCC1)c1cccc(F)c1F. The molecule has 0 aliphatic heterocycles. The lowest BCUT2D eigenvalue weighted by molar-refractivity contribution is 0.0836. The van der Waals surface area contributed by atoms with Gasteiger partial charge in [-0.1, -0.05) is 18.9 Å². The minimum Gasteiger partial charge on any atom is -0.391 e. The Labute approximate surface area is 110 Å². The molecule has 3 nitrogen and oxygen atoms in total. The fourth-order valence-electron chi connectivity index (χ4n) is 2.48. The number of benzene rings is 1. The second-order valence-electron chi connectivity index (χ2n) is 4.92. The summed E-state index contributed by atoms with van der Waals surface area (Å²) in [7, 11) is 0. The Kier molecular flexibility index (Phi) is 4.47. The van der Waals surface area contributed by atoms with E-state index in [0.29, 0.717) is 0 Å². The second-order valence-corrected chi connectivity index (χ2v) is 4.92. The molecule has 104 valence electrons. The molecule has 0 radical (unpaired) electrons. The number of rotatable bonds is 4. The molecule has 1 aliphatic carbocycles. The van der Waals surface area contributed by atoms with E-state index in [2.05, 4.69) is 5.32 Å². The van der Waals surface area contributed by atoms with E-state index in [1.54, 1.807) is 0 Å². The lowest BCUT2D eigenvalue weighted by atomic mass is 10.0. The number of halogens is 2. The molecule has 1 aromatic carbocycles. The van der Waals surface area contributed by atoms with Gasteiger partial charge in [0.25, 0.3) is 5.91 Å². The Balaban J connectivity index is 1.92. The highest BCUT2D eigenvalue weighted by Crippen LogP contribution is 2.27. The van der Waals surface area contributed by atoms with Crippen LogP contribution in [0.5, 0.6) is 0 Å². The van der Waals surface area contributed by atoms with Crippen molar-refractivity contribution in [2.24, 2.45) is 5.92 Å². The van der Waals surface area contributed by atoms with Crippen molar-refractivity contribution in [2.45, 2.75) is 31.8 Å². The number of aliphatic hydroxyl groups is 1. The van der Waals surface area contributed by atoms with Crippen LogP contribution in [0.2, 0.25) is 0 Å². The van der Waals surface area contributed by atoms with Gasteiger partial charge in [-0.15, -0.1) is 0 Å². The number of nitrogens with one attached hydrogen (secondary N) is 1. The van der Waals surface area contributed by atoms with Crippen LogP contribution in [0.25, 0.3) is 0 Å². The van der Waals surface area contributed by atoms with Gasteiger partial charge in [-0.3, -0.25) is 4.79 Å². The van der Waals surface area contributed by atoms with E-state index in [4.69, 9.17) is 0 Å². The van der Waals surface area contributed by atoms with Crippen LogP contribution < -0.4 is 5.32 Å². The average Bonchev–Trinajstić information content (AvgIpc) is 2.93. The number of amides is 1. The van der Waals surface area contributed by atoms with Gasteiger partial charge in [-0.05, 0) is 30.9 Å². The minimum absolute atomic E-state index is 0.0689. The van der Waals surface area contributed by atoms with Gasteiger partial charge in [0.2, 0.25) is 0 Å². The summed E-state index contributed by atoms with van der Waals surface area (Å²) >= 11 is 0. The van der Waals surface area contributed by atoms with Crippen LogP contribution in [0.1, 0.15) is 36.0 Å². The number of carbonyl (C=O) groups is 1. The second kappa shape index (κ2) is 6.10. The molecule has 2 N–H and O–H groups in total. The van der Waals surface area contributed by atoms with Crippen LogP contribution in [0.15, 0.2) is 18.2 Å². The maximum Gasteiger partial charge on any atom is 0.254 e. The third-order valence-electron chi connectivity index (χ3n) is 3.61. The zero-order valence-corrected chi connectivity index (χ0v) is 10.5. The molecule has 0 aromatic heterocycles. The van der Waals surface area contributed by atoms with Crippen LogP contribution in [-0.4, -0.2) is 23.7 Å². The Morgan fingerprint density at radius 3 is 2.74 bits per heavy atom. The van der Waals surface area contributed by atoms with Crippen LogP contribution in [0.4, 0.5) is 8.78 Å². The van der Waals surface area contributed by atoms with E-state index in [-0.39, 0.29) is 18.0 Å². The van der Waals surface area contributed by atoms with E-state index >= 15 is 0 Å². The smallest absolute Gasteiger partial charge is 0.254 e. The summed E-state index contributed by atoms with van der Waals surface area (Å²) < 4.78 is 26.4. The average molecular weight is 269 g/mol. The maximum absolute atomic E-state index is 13.4. The number of hydrogen-bond donors (Lipinski definition) is 2. The molecule has 2 rings (SSSR count). The molecular weight excluding hydrogens is 252 g/mol. The molecule has 0 heterocycles. The van der Waals surface area contributed by atoms with Gasteiger partial charge in [0.15, 0.2) is 11.6 Å². The van der Waals surface area contributed by atoms with E-state index < -0.39 is 23.6 Å². The van der Waals surface area contributed by atoms with E-state index in [1.165, 1.54) is 12.1 Å². The van der Waals surface area contributed by atoms with Crippen LogP contribution >= 0.6 is 0 Å². The molecule has 1 aliphatic rings. The highest BCUT2D eigenvalue weighted by atomic mass is 19.2. The molecule has 0 bridgehead atoms. The van der Waals surface area contributed by atoms with Crippen LogP contribution in [0.3, 0.4) is 0 Å². The molecule has 1 atom stereocenters. The first-order valence-electron chi connectivity index (χ1n) is 6.50. The van der Waals surface area contributed by atoms with Gasteiger partial charge in [0, 0.05) is 6.54 Å². The molecule has 0 saturated heterocycles. The van der Waals surface area contributed by atoms with Crippen molar-refractivity contribution in [2.75, 3.05) is 6.54 Å². The largest absolute Gasteiger partial charge is 0.391 e. The van der Waals surface area contributed by atoms with Gasteiger partial charge in [-0.25, -0.2) is 8.78 Å². The lowest BCUT2D eigenvalue weighted by Crippen LogP contribution is -2.36. The van der Waals surface area contributed by atoms with Crippen molar-refractivity contribution < 1.29 is 18.7 Å². The first-order chi connectivity index (χ1) is 9.09. The van der Waals surface area contributed by atoms with Gasteiger partial charge in [0.05, 0.1) is 11.7 Å². The first kappa shape index (κ1) is 13.9. The molecular formula is C14H17F2NO2. The summed E-state index contributed by atoms with van der Waals surface area (Å²) in [6.45, 7) is 0.0689. The molecule has 0 spiro atoms. The summed E-state index contributed by atoms with van der Waals surface area (Å²) in [5.74, 6) is -2.72. The van der Waals surface area contributed by atoms with Gasteiger partial charge < -0.3 is 10.4 Å². The summed E-state index contributed by atoms with van der Waals surface area (Å²) in [4.78, 5) is 11.7. The molecule has 1 unspecified atom stereocenters. The standard InChI is InChI=1S/C14H17F2NO2/c15-11-7-3-6-10(13(11)16)14(19)17-8-12(18)9-4-1-2-5-9/h3,6-7,9,12,18H,1-2,4-5,8H2,(H,17,19). The van der Waals surface area contributed by atoms with Crippen molar-refractivity contribution in [3.63, 3.8) is 0 Å². The first-order valence-corrected chi connectivity index (χ1v) is 6.50. The normalized spacial score (nSPS) is 17.4. The zero-order valence-electron chi connectivity index (χ0n) is 10.5. The summed E-state index contributed by atoms with van der Waals surface area (Å²) in [6.07, 6.45) is 3.46. The fourth-order valence-corrected chi connectivity index (χ4v) is 2.48. The lowest BCUT2D eigenvalue weighted by Gasteiger charge is -2.18. The molecule has 19 heavy (non-hydrogen) atoms. The highest BCUT2D eigenvalue weighted by molar-refractivity contribution is 5.94. The number of aliphatic hydroxyl groups excluding tert-OH is 1. The Hall–Kier alpha value is -1.49. The molecule has 1 saturated carbocycles. The van der Waals surface area contributed by atoms with Crippen molar-refractivity contribution in [3.8, 4) is 0 Å². The molecule has 1 aromatic rings. The predicted molar refractivity (Wildman–Crippen MR) is 66.7 cm³/mol. The van der Waals surface area contributed by atoms with Crippen LogP contribution in [-0.2, 0) is 0 Å².